The predicted octanol–water partition coefficient (Wildman–Crippen LogP) is 2.73. The fourth-order valence-corrected chi connectivity index (χ4v) is 0.642. The normalized spacial score (nSPS) is 5.60. The molecule has 2 nitrogen and oxygen atoms in total. The molecule has 0 radical (unpaired) electrons. The largest absolute Gasteiger partial charge is 0.748 e. The molecule has 0 saturated heterocycles. The first-order valence-electron chi connectivity index (χ1n) is 3.74. The van der Waals surface area contributed by atoms with Crippen molar-refractivity contribution in [3.63, 3.8) is 0 Å². The molecular weight excluding hydrogens is 224 g/mol. The van der Waals surface area contributed by atoms with Gasteiger partial charge in [-0.3, -0.25) is 0 Å². The van der Waals surface area contributed by atoms with E-state index in [9.17, 15) is 0 Å². The molecule has 0 aliphatic heterocycles. The minimum absolute atomic E-state index is 0. The van der Waals surface area contributed by atoms with Crippen molar-refractivity contribution in [2.75, 3.05) is 0 Å². The van der Waals surface area contributed by atoms with Crippen molar-refractivity contribution in [1.82, 2.24) is 0 Å². The van der Waals surface area contributed by atoms with E-state index in [4.69, 9.17) is 9.30 Å². The Bertz CT molecular complexity index is 213. The summed E-state index contributed by atoms with van der Waals surface area (Å²) < 4.78 is 15.0. The Labute approximate surface area is 105 Å². The molecule has 0 heterocycles. The quantitative estimate of drug-likeness (QED) is 0.382. The first kappa shape index (κ1) is 19.5. The second kappa shape index (κ2) is 23.1. The average Bonchev–Trinajstić information content (AvgIpc) is 3.01. The van der Waals surface area contributed by atoms with Crippen molar-refractivity contribution in [2.24, 2.45) is 0 Å². The van der Waals surface area contributed by atoms with E-state index in [1.807, 2.05) is 60.7 Å². The van der Waals surface area contributed by atoms with Crippen molar-refractivity contribution in [3.05, 3.63) is 74.0 Å². The van der Waals surface area contributed by atoms with Gasteiger partial charge in [0.1, 0.15) is 0 Å². The Kier molecular flexibility index (Phi) is 29.9. The van der Waals surface area contributed by atoms with Gasteiger partial charge in [-0.2, -0.15) is 18.2 Å². The molecule has 0 aliphatic rings. The zero-order chi connectivity index (χ0) is 11.1. The zero-order valence-electron chi connectivity index (χ0n) is 8.09. The van der Waals surface area contributed by atoms with Gasteiger partial charge < -0.3 is 30.3 Å². The number of hydrogen-bond acceptors (Lipinski definition) is 0. The predicted molar refractivity (Wildman–Crippen MR) is 51.9 cm³/mol. The molecule has 0 unspecified atom stereocenters. The second-order valence-electron chi connectivity index (χ2n) is 1.92. The minimum atomic E-state index is 0. The Hall–Kier alpha value is -1.11. The van der Waals surface area contributed by atoms with Crippen molar-refractivity contribution >= 4 is 0 Å². The molecule has 0 aromatic heterocycles. The maximum Gasteiger partial charge on any atom is 0 e. The van der Waals surface area contributed by atoms with Crippen LogP contribution in [0.15, 0.2) is 60.7 Å². The Balaban J connectivity index is -0.000000138. The van der Waals surface area contributed by atoms with Gasteiger partial charge in [-0.1, -0.05) is 0 Å². The molecule has 2 aromatic rings. The minimum Gasteiger partial charge on any atom is -0.748 e. The van der Waals surface area contributed by atoms with Crippen LogP contribution in [0.3, 0.4) is 0 Å². The summed E-state index contributed by atoms with van der Waals surface area (Å²) in [6.45, 7) is 9.00. The summed E-state index contributed by atoms with van der Waals surface area (Å²) in [7, 11) is 0. The van der Waals surface area contributed by atoms with Crippen LogP contribution in [-0.2, 0) is 31.0 Å². The van der Waals surface area contributed by atoms with Crippen LogP contribution in [0.5, 0.6) is 0 Å². The fourth-order valence-electron chi connectivity index (χ4n) is 0.642. The molecule has 0 N–H and O–H groups in total. The first-order valence-corrected chi connectivity index (χ1v) is 3.74. The molecule has 80 valence electrons. The van der Waals surface area contributed by atoms with E-state index < -0.39 is 0 Å². The van der Waals surface area contributed by atoms with Crippen LogP contribution in [0.1, 0.15) is 0 Å². The third-order valence-electron chi connectivity index (χ3n) is 1.11. The molecule has 0 spiro atoms. The third kappa shape index (κ3) is 19.3. The van der Waals surface area contributed by atoms with Gasteiger partial charge in [0.15, 0.2) is 0 Å². The Morgan fingerprint density at radius 1 is 0.667 bits per heavy atom. The van der Waals surface area contributed by atoms with Gasteiger partial charge in [-0.25, -0.2) is 12.1 Å². The molecular formula is C12H10O2Ti-6. The second-order valence-corrected chi connectivity index (χ2v) is 1.92. The SMILES string of the molecule is [C-]#[O+].[C-]#[O+].[Ti].[cH-]1[cH-][cH-][cH-][cH-]1.c1cc[cH-]c1. The molecule has 0 saturated carbocycles. The Morgan fingerprint density at radius 2 is 0.933 bits per heavy atom. The van der Waals surface area contributed by atoms with Gasteiger partial charge in [0.2, 0.25) is 0 Å². The van der Waals surface area contributed by atoms with E-state index in [1.54, 1.807) is 0 Å². The summed E-state index contributed by atoms with van der Waals surface area (Å²) in [4.78, 5) is 0. The summed E-state index contributed by atoms with van der Waals surface area (Å²) in [5, 5.41) is 0. The van der Waals surface area contributed by atoms with E-state index in [1.165, 1.54) is 0 Å². The molecule has 15 heavy (non-hydrogen) atoms. The van der Waals surface area contributed by atoms with Crippen LogP contribution in [0.25, 0.3) is 0 Å². The molecule has 3 heteroatoms. The van der Waals surface area contributed by atoms with Crippen LogP contribution in [0, 0.1) is 13.3 Å². The van der Waals surface area contributed by atoms with E-state index in [2.05, 4.69) is 13.3 Å². The van der Waals surface area contributed by atoms with Gasteiger partial charge in [-0.15, -0.1) is 0 Å². The van der Waals surface area contributed by atoms with Crippen molar-refractivity contribution in [2.45, 2.75) is 0 Å². The Morgan fingerprint density at radius 3 is 1.07 bits per heavy atom. The van der Waals surface area contributed by atoms with Gasteiger partial charge in [0, 0.05) is 21.7 Å². The maximum absolute atomic E-state index is 7.50. The van der Waals surface area contributed by atoms with E-state index >= 15 is 0 Å². The molecule has 0 bridgehead atoms. The van der Waals surface area contributed by atoms with Crippen LogP contribution in [-0.4, -0.2) is 0 Å². The van der Waals surface area contributed by atoms with E-state index in [-0.39, 0.29) is 21.7 Å². The van der Waals surface area contributed by atoms with Gasteiger partial charge >= 0.3 is 22.6 Å². The first-order chi connectivity index (χ1) is 7.00. The summed E-state index contributed by atoms with van der Waals surface area (Å²) in [5.74, 6) is 0. The summed E-state index contributed by atoms with van der Waals surface area (Å²) in [6, 6.07) is 20.0. The van der Waals surface area contributed by atoms with Gasteiger partial charge in [-0.05, 0) is 0 Å². The molecule has 0 fully saturated rings. The van der Waals surface area contributed by atoms with Gasteiger partial charge in [0.05, 0.1) is 0 Å². The van der Waals surface area contributed by atoms with Crippen LogP contribution >= 0.6 is 0 Å². The van der Waals surface area contributed by atoms with Crippen molar-refractivity contribution in [3.8, 4) is 0 Å². The maximum atomic E-state index is 7.50. The van der Waals surface area contributed by atoms with E-state index in [0.717, 1.165) is 0 Å². The summed E-state index contributed by atoms with van der Waals surface area (Å²) in [6.07, 6.45) is 0. The summed E-state index contributed by atoms with van der Waals surface area (Å²) >= 11 is 0. The van der Waals surface area contributed by atoms with E-state index in [0.29, 0.717) is 0 Å². The molecule has 2 rings (SSSR count). The van der Waals surface area contributed by atoms with Crippen LogP contribution in [0.4, 0.5) is 0 Å². The molecule has 2 aromatic carbocycles. The average molecular weight is 234 g/mol. The smallest absolute Gasteiger partial charge is 0 e. The molecule has 0 amide bonds. The third-order valence-corrected chi connectivity index (χ3v) is 1.11. The van der Waals surface area contributed by atoms with Crippen LogP contribution in [0.2, 0.25) is 0 Å². The summed E-state index contributed by atoms with van der Waals surface area (Å²) in [5.41, 5.74) is 0. The standard InChI is InChI=1S/2C5H5.2CO.Ti/c2*1-2-4-5-3-1;2*1-2;/h2*1-5H;;;/q-5;-1;;;. The monoisotopic (exact) mass is 234 g/mol. The number of hydrogen-bond donors (Lipinski definition) is 0. The van der Waals surface area contributed by atoms with Crippen molar-refractivity contribution < 1.29 is 31.0 Å². The zero-order valence-corrected chi connectivity index (χ0v) is 9.65. The topological polar surface area (TPSA) is 39.8 Å². The molecule has 0 atom stereocenters. The fraction of sp³-hybridized carbons (Fsp3) is 0. The van der Waals surface area contributed by atoms with Gasteiger partial charge in [0.25, 0.3) is 0 Å². The number of rotatable bonds is 0. The molecule has 0 aliphatic carbocycles. The van der Waals surface area contributed by atoms with Crippen molar-refractivity contribution in [1.29, 1.82) is 0 Å². The van der Waals surface area contributed by atoms with Crippen LogP contribution < -0.4 is 0 Å².